The lowest BCUT2D eigenvalue weighted by Crippen LogP contribution is -2.62. The van der Waals surface area contributed by atoms with Gasteiger partial charge in [0.1, 0.15) is 60.2 Å². The average molecular weight is 876 g/mol. The highest BCUT2D eigenvalue weighted by molar-refractivity contribution is 6.76. The minimum Gasteiger partial charge on any atom is -0.467 e. The van der Waals surface area contributed by atoms with Gasteiger partial charge in [0.2, 0.25) is 23.6 Å². The van der Waals surface area contributed by atoms with E-state index in [1.807, 2.05) is 0 Å². The number of aliphatic hydroxyl groups is 1. The van der Waals surface area contributed by atoms with Gasteiger partial charge >= 0.3 is 24.0 Å². The first-order valence-corrected chi connectivity index (χ1v) is 23.7. The molecule has 2 fully saturated rings. The number of carbonyl (C=O) groups is 8. The van der Waals surface area contributed by atoms with Gasteiger partial charge in [-0.2, -0.15) is 0 Å². The number of carbonyl (C=O) groups excluding carboxylic acids is 8. The molecule has 0 saturated carbocycles. The summed E-state index contributed by atoms with van der Waals surface area (Å²) in [5.41, 5.74) is -0.827. The second kappa shape index (κ2) is 23.6. The number of ether oxygens (including phenoxy) is 7. The lowest BCUT2D eigenvalue weighted by atomic mass is 9.98. The molecule has 22 heteroatoms. The molecule has 0 radical (unpaired) electrons. The van der Waals surface area contributed by atoms with Gasteiger partial charge in [0.05, 0.1) is 27.4 Å². The molecule has 6 N–H and O–H groups in total. The minimum absolute atomic E-state index is 0.00779. The molecule has 2 saturated heterocycles. The summed E-state index contributed by atoms with van der Waals surface area (Å²) in [6.45, 7) is 15.5. The Hall–Kier alpha value is -4.38. The number of rotatable bonds is 22. The maximum atomic E-state index is 13.2. The fourth-order valence-electron chi connectivity index (χ4n) is 6.03. The molecule has 2 aliphatic rings. The molecule has 0 aromatic rings. The van der Waals surface area contributed by atoms with Crippen molar-refractivity contribution in [3.05, 3.63) is 0 Å². The van der Waals surface area contributed by atoms with Crippen molar-refractivity contribution in [3.8, 4) is 0 Å². The van der Waals surface area contributed by atoms with Crippen LogP contribution in [0.1, 0.15) is 73.6 Å². The fourth-order valence-corrected chi connectivity index (χ4v) is 6.75. The van der Waals surface area contributed by atoms with Crippen LogP contribution in [0.25, 0.3) is 0 Å². The summed E-state index contributed by atoms with van der Waals surface area (Å²) in [5.74, 6) is -4.99. The van der Waals surface area contributed by atoms with Crippen molar-refractivity contribution in [2.75, 3.05) is 27.4 Å². The average Bonchev–Trinajstić information content (AvgIpc) is 3.60. The second-order valence-electron chi connectivity index (χ2n) is 16.9. The van der Waals surface area contributed by atoms with Gasteiger partial charge in [-0.15, -0.1) is 0 Å². The van der Waals surface area contributed by atoms with Crippen molar-refractivity contribution in [1.29, 1.82) is 0 Å². The van der Waals surface area contributed by atoms with Crippen LogP contribution in [0.4, 0.5) is 4.79 Å². The highest BCUT2D eigenvalue weighted by Gasteiger charge is 2.52. The van der Waals surface area contributed by atoms with Gasteiger partial charge in [-0.05, 0) is 66.3 Å². The first-order chi connectivity index (χ1) is 27.8. The largest absolute Gasteiger partial charge is 0.467 e. The molecule has 0 aromatic heterocycles. The van der Waals surface area contributed by atoms with Crippen LogP contribution in [-0.4, -0.2) is 155 Å². The number of aliphatic hydroxyl groups excluding tert-OH is 1. The zero-order chi connectivity index (χ0) is 45.5. The van der Waals surface area contributed by atoms with Crippen molar-refractivity contribution in [2.45, 2.75) is 166 Å². The number of hydrogen-bond acceptors (Lipinski definition) is 16. The molecule has 342 valence electrons. The molecule has 0 unspecified atom stereocenters. The predicted molar refractivity (Wildman–Crippen MR) is 213 cm³/mol. The molecule has 5 amide bonds. The topological polar surface area (TPSA) is 282 Å². The van der Waals surface area contributed by atoms with Crippen LogP contribution >= 0.6 is 0 Å². The molecule has 2 aliphatic heterocycles. The number of esters is 3. The van der Waals surface area contributed by atoms with Gasteiger partial charge < -0.3 is 64.8 Å². The van der Waals surface area contributed by atoms with E-state index >= 15 is 0 Å². The number of amides is 5. The summed E-state index contributed by atoms with van der Waals surface area (Å²) in [5, 5.41) is 23.4. The molecule has 2 heterocycles. The Morgan fingerprint density at radius 1 is 0.817 bits per heavy atom. The summed E-state index contributed by atoms with van der Waals surface area (Å²) in [4.78, 5) is 102. The van der Waals surface area contributed by atoms with E-state index in [1.165, 1.54) is 20.8 Å². The molecule has 2 bridgehead atoms. The molecule has 60 heavy (non-hydrogen) atoms. The van der Waals surface area contributed by atoms with E-state index < -0.39 is 122 Å². The van der Waals surface area contributed by atoms with Crippen LogP contribution in [0.15, 0.2) is 0 Å². The first kappa shape index (κ1) is 51.8. The third-order valence-electron chi connectivity index (χ3n) is 9.29. The van der Waals surface area contributed by atoms with E-state index in [2.05, 4.69) is 46.2 Å². The van der Waals surface area contributed by atoms with Gasteiger partial charge in [0.25, 0.3) is 0 Å². The molecule has 2 rings (SSSR count). The number of methoxy groups -OCH3 is 2. The predicted octanol–water partition coefficient (Wildman–Crippen LogP) is -0.0737. The van der Waals surface area contributed by atoms with Gasteiger partial charge in [0.15, 0.2) is 6.29 Å². The summed E-state index contributed by atoms with van der Waals surface area (Å²) >= 11 is 0. The molecule has 0 aromatic carbocycles. The summed E-state index contributed by atoms with van der Waals surface area (Å²) in [7, 11) is 0.667. The molecular formula is C38H65N5O16Si. The van der Waals surface area contributed by atoms with Gasteiger partial charge in [-0.25, -0.2) is 19.2 Å². The molecule has 0 aliphatic carbocycles. The maximum absolute atomic E-state index is 13.2. The second-order valence-corrected chi connectivity index (χ2v) is 22.6. The Morgan fingerprint density at radius 3 is 1.95 bits per heavy atom. The SMILES string of the molecule is COC(=O)[C@H](CCC[C@H](NC(=O)CC[C@@H](NC(=O)[C@H](C)NC(=O)[C@@H](C)O[C@H]1[C@H](O)[C@H]2CO[C@@H](O2)[C@@H]1NC(C)=O)C(=O)OC)C(=O)OCC[Si](C)(C)C)NC(=O)OC(C)(C)C. The lowest BCUT2D eigenvalue weighted by Gasteiger charge is -2.39. The zero-order valence-electron chi connectivity index (χ0n) is 36.5. The summed E-state index contributed by atoms with van der Waals surface area (Å²) < 4.78 is 37.3. The van der Waals surface area contributed by atoms with Crippen LogP contribution in [0, 0.1) is 0 Å². The van der Waals surface area contributed by atoms with Gasteiger partial charge in [-0.1, -0.05) is 19.6 Å². The quantitative estimate of drug-likeness (QED) is 0.0472. The first-order valence-electron chi connectivity index (χ1n) is 19.9. The summed E-state index contributed by atoms with van der Waals surface area (Å²) in [6.07, 6.45) is -6.45. The molecular weight excluding hydrogens is 811 g/mol. The van der Waals surface area contributed by atoms with Crippen LogP contribution in [0.2, 0.25) is 25.7 Å². The smallest absolute Gasteiger partial charge is 0.408 e. The number of fused-ring (bicyclic) bond motifs is 2. The summed E-state index contributed by atoms with van der Waals surface area (Å²) in [6, 6.07) is -5.08. The van der Waals surface area contributed by atoms with Crippen LogP contribution in [0.3, 0.4) is 0 Å². The maximum Gasteiger partial charge on any atom is 0.408 e. The van der Waals surface area contributed by atoms with Crippen molar-refractivity contribution in [2.24, 2.45) is 0 Å². The molecule has 21 nitrogen and oxygen atoms in total. The van der Waals surface area contributed by atoms with Crippen molar-refractivity contribution < 1.29 is 76.6 Å². The van der Waals surface area contributed by atoms with Crippen molar-refractivity contribution in [1.82, 2.24) is 26.6 Å². The van der Waals surface area contributed by atoms with Gasteiger partial charge in [-0.3, -0.25) is 19.2 Å². The highest BCUT2D eigenvalue weighted by Crippen LogP contribution is 2.30. The Labute approximate surface area is 351 Å². The third-order valence-corrected chi connectivity index (χ3v) is 11.0. The molecule has 10 atom stereocenters. The van der Waals surface area contributed by atoms with E-state index in [4.69, 9.17) is 33.2 Å². The van der Waals surface area contributed by atoms with Crippen LogP contribution in [0.5, 0.6) is 0 Å². The van der Waals surface area contributed by atoms with Crippen LogP contribution < -0.4 is 26.6 Å². The lowest BCUT2D eigenvalue weighted by molar-refractivity contribution is -0.209. The minimum atomic E-state index is -1.59. The Kier molecular flexibility index (Phi) is 20.3. The van der Waals surface area contributed by atoms with Crippen LogP contribution in [-0.2, 0) is 66.7 Å². The number of nitrogens with one attached hydrogen (secondary N) is 5. The Balaban J connectivity index is 2.05. The number of hydrogen-bond donors (Lipinski definition) is 6. The Bertz CT molecular complexity index is 1520. The van der Waals surface area contributed by atoms with Crippen molar-refractivity contribution in [3.63, 3.8) is 0 Å². The normalized spacial score (nSPS) is 22.4. The van der Waals surface area contributed by atoms with E-state index in [0.717, 1.165) is 14.2 Å². The standard InChI is InChI=1S/C38H65N5O16Si/c1-20(39-32(48)21(2)57-30-28(40-22(3)44)36-56-19-26(58-36)29(30)46)31(47)42-25(34(50)54-8)15-16-27(45)41-24(35(51)55-17-18-60(9,10)11)14-12-13-23(33(49)53-7)43-37(52)59-38(4,5)6/h20-21,23-26,28-30,36,46H,12-19H2,1-11H3,(H,39,48)(H,40,44)(H,41,45)(H,42,47)(H,43,52)/t20-,21+,23-,24-,25+,26+,28+,29+,30+,36-/m0/s1. The van der Waals surface area contributed by atoms with E-state index in [0.29, 0.717) is 6.04 Å². The van der Waals surface area contributed by atoms with Gasteiger partial charge in [0, 0.05) is 21.4 Å². The fraction of sp³-hybridized carbons (Fsp3) is 0.789. The Morgan fingerprint density at radius 2 is 1.40 bits per heavy atom. The van der Waals surface area contributed by atoms with E-state index in [-0.39, 0.29) is 45.3 Å². The zero-order valence-corrected chi connectivity index (χ0v) is 37.5. The van der Waals surface area contributed by atoms with Crippen molar-refractivity contribution >= 4 is 55.7 Å². The molecule has 0 spiro atoms. The number of alkyl carbamates (subject to hydrolysis) is 1. The van der Waals surface area contributed by atoms with E-state index in [1.54, 1.807) is 20.8 Å². The monoisotopic (exact) mass is 875 g/mol. The highest BCUT2D eigenvalue weighted by atomic mass is 28.3. The van der Waals surface area contributed by atoms with E-state index in [9.17, 15) is 43.5 Å². The third kappa shape index (κ3) is 17.7.